The Kier molecular flexibility index (Phi) is 4.85. The maximum atomic E-state index is 13.7. The van der Waals surface area contributed by atoms with E-state index in [1.807, 2.05) is 13.8 Å². The highest BCUT2D eigenvalue weighted by Crippen LogP contribution is 2.34. The largest absolute Gasteiger partial charge is 0.361 e. The topological polar surface area (TPSA) is 58.4 Å². The first-order valence-electron chi connectivity index (χ1n) is 8.31. The Labute approximate surface area is 145 Å². The van der Waals surface area contributed by atoms with Crippen LogP contribution in [0, 0.1) is 18.6 Å². The monoisotopic (exact) mass is 349 g/mol. The molecule has 0 radical (unpaired) electrons. The standard InChI is InChI=1S/C18H21F2N3O2/c1-10(2)23-7-6-15(21-18(24)16-8-11(3)25-22-16)17(23)12-4-5-13(19)14(20)9-12/h4-5,8-10,15,17H,6-7H2,1-3H3,(H,21,24). The molecular weight excluding hydrogens is 328 g/mol. The molecule has 1 amide bonds. The lowest BCUT2D eigenvalue weighted by atomic mass is 9.99. The molecule has 1 aliphatic heterocycles. The van der Waals surface area contributed by atoms with Gasteiger partial charge in [0.05, 0.1) is 12.1 Å². The molecular formula is C18H21F2N3O2. The molecule has 1 saturated heterocycles. The third kappa shape index (κ3) is 3.56. The number of carbonyl (C=O) groups is 1. The van der Waals surface area contributed by atoms with Gasteiger partial charge in [0.1, 0.15) is 5.76 Å². The second kappa shape index (κ2) is 6.92. The first-order valence-corrected chi connectivity index (χ1v) is 8.31. The van der Waals surface area contributed by atoms with E-state index < -0.39 is 11.6 Å². The van der Waals surface area contributed by atoms with E-state index >= 15 is 0 Å². The number of rotatable bonds is 4. The van der Waals surface area contributed by atoms with Crippen molar-refractivity contribution < 1.29 is 18.1 Å². The molecule has 2 aromatic rings. The van der Waals surface area contributed by atoms with Gasteiger partial charge in [0.2, 0.25) is 0 Å². The van der Waals surface area contributed by atoms with Crippen LogP contribution < -0.4 is 5.32 Å². The number of hydrogen-bond acceptors (Lipinski definition) is 4. The smallest absolute Gasteiger partial charge is 0.273 e. The summed E-state index contributed by atoms with van der Waals surface area (Å²) in [6, 6.07) is 5.22. The minimum absolute atomic E-state index is 0.203. The molecule has 2 atom stereocenters. The van der Waals surface area contributed by atoms with Gasteiger partial charge >= 0.3 is 0 Å². The van der Waals surface area contributed by atoms with E-state index in [1.165, 1.54) is 6.07 Å². The van der Waals surface area contributed by atoms with Crippen molar-refractivity contribution >= 4 is 5.91 Å². The van der Waals surface area contributed by atoms with Crippen molar-refractivity contribution in [3.05, 3.63) is 52.9 Å². The molecule has 1 fully saturated rings. The lowest BCUT2D eigenvalue weighted by Crippen LogP contribution is -2.41. The van der Waals surface area contributed by atoms with Gasteiger partial charge in [0, 0.05) is 18.7 Å². The zero-order valence-corrected chi connectivity index (χ0v) is 14.4. The van der Waals surface area contributed by atoms with Crippen molar-refractivity contribution in [3.63, 3.8) is 0 Å². The van der Waals surface area contributed by atoms with Crippen LogP contribution in [-0.4, -0.2) is 34.6 Å². The SMILES string of the molecule is Cc1cc(C(=O)NC2CCN(C(C)C)C2c2ccc(F)c(F)c2)no1. The number of aryl methyl sites for hydroxylation is 1. The highest BCUT2D eigenvalue weighted by Gasteiger charge is 2.38. The summed E-state index contributed by atoms with van der Waals surface area (Å²) in [6.45, 7) is 6.55. The number of nitrogens with zero attached hydrogens (tertiary/aromatic N) is 2. The summed E-state index contributed by atoms with van der Waals surface area (Å²) in [4.78, 5) is 14.6. The highest BCUT2D eigenvalue weighted by atomic mass is 19.2. The van der Waals surface area contributed by atoms with Crippen LogP contribution in [-0.2, 0) is 0 Å². The zero-order chi connectivity index (χ0) is 18.1. The van der Waals surface area contributed by atoms with Crippen molar-refractivity contribution in [3.8, 4) is 0 Å². The molecule has 0 aliphatic carbocycles. The summed E-state index contributed by atoms with van der Waals surface area (Å²) in [5, 5.41) is 6.68. The maximum Gasteiger partial charge on any atom is 0.273 e. The van der Waals surface area contributed by atoms with Gasteiger partial charge in [-0.15, -0.1) is 0 Å². The lowest BCUT2D eigenvalue weighted by Gasteiger charge is -2.31. The van der Waals surface area contributed by atoms with E-state index in [4.69, 9.17) is 4.52 Å². The summed E-state index contributed by atoms with van der Waals surface area (Å²) in [5.41, 5.74) is 0.858. The minimum Gasteiger partial charge on any atom is -0.361 e. The Morgan fingerprint density at radius 3 is 2.68 bits per heavy atom. The number of nitrogens with one attached hydrogen (secondary N) is 1. The van der Waals surface area contributed by atoms with Crippen molar-refractivity contribution in [1.82, 2.24) is 15.4 Å². The van der Waals surface area contributed by atoms with Crippen LogP contribution in [0.3, 0.4) is 0 Å². The Morgan fingerprint density at radius 2 is 2.08 bits per heavy atom. The number of benzene rings is 1. The lowest BCUT2D eigenvalue weighted by molar-refractivity contribution is 0.0910. The Hall–Kier alpha value is -2.28. The van der Waals surface area contributed by atoms with E-state index in [-0.39, 0.29) is 29.7 Å². The zero-order valence-electron chi connectivity index (χ0n) is 14.4. The molecule has 0 saturated carbocycles. The minimum atomic E-state index is -0.884. The van der Waals surface area contributed by atoms with Crippen LogP contribution in [0.25, 0.3) is 0 Å². The van der Waals surface area contributed by atoms with E-state index in [9.17, 15) is 13.6 Å². The average molecular weight is 349 g/mol. The van der Waals surface area contributed by atoms with Crippen LogP contribution in [0.15, 0.2) is 28.8 Å². The van der Waals surface area contributed by atoms with Crippen LogP contribution in [0.5, 0.6) is 0 Å². The summed E-state index contributed by atoms with van der Waals surface area (Å²) in [7, 11) is 0. The molecule has 0 bridgehead atoms. The van der Waals surface area contributed by atoms with Gasteiger partial charge in [-0.1, -0.05) is 11.2 Å². The molecule has 0 spiro atoms. The second-order valence-electron chi connectivity index (χ2n) is 6.64. The number of likely N-dealkylation sites (tertiary alicyclic amines) is 1. The fraction of sp³-hybridized carbons (Fsp3) is 0.444. The van der Waals surface area contributed by atoms with E-state index in [0.29, 0.717) is 17.7 Å². The Bertz CT molecular complexity index is 775. The van der Waals surface area contributed by atoms with Gasteiger partial charge in [-0.05, 0) is 44.9 Å². The van der Waals surface area contributed by atoms with Crippen molar-refractivity contribution in [1.29, 1.82) is 0 Å². The maximum absolute atomic E-state index is 13.7. The summed E-state index contributed by atoms with van der Waals surface area (Å²) >= 11 is 0. The molecule has 2 unspecified atom stereocenters. The fourth-order valence-corrected chi connectivity index (χ4v) is 3.38. The predicted octanol–water partition coefficient (Wildman–Crippen LogP) is 3.22. The molecule has 1 aromatic carbocycles. The van der Waals surface area contributed by atoms with Crippen molar-refractivity contribution in [2.75, 3.05) is 6.54 Å². The number of hydrogen-bond donors (Lipinski definition) is 1. The van der Waals surface area contributed by atoms with E-state index in [2.05, 4.69) is 15.4 Å². The number of halogens is 2. The van der Waals surface area contributed by atoms with Crippen LogP contribution >= 0.6 is 0 Å². The van der Waals surface area contributed by atoms with Gasteiger partial charge in [-0.3, -0.25) is 9.69 Å². The molecule has 1 aromatic heterocycles. The van der Waals surface area contributed by atoms with Crippen molar-refractivity contribution in [2.24, 2.45) is 0 Å². The van der Waals surface area contributed by atoms with Crippen LogP contribution in [0.2, 0.25) is 0 Å². The quantitative estimate of drug-likeness (QED) is 0.921. The normalized spacial score (nSPS) is 21.0. The van der Waals surface area contributed by atoms with Gasteiger partial charge in [-0.25, -0.2) is 8.78 Å². The van der Waals surface area contributed by atoms with Crippen molar-refractivity contribution in [2.45, 2.75) is 45.3 Å². The average Bonchev–Trinajstić information content (AvgIpc) is 3.16. The molecule has 7 heteroatoms. The molecule has 25 heavy (non-hydrogen) atoms. The van der Waals surface area contributed by atoms with E-state index in [1.54, 1.807) is 19.1 Å². The predicted molar refractivity (Wildman–Crippen MR) is 88.1 cm³/mol. The Balaban J connectivity index is 1.86. The third-order valence-corrected chi connectivity index (χ3v) is 4.56. The molecule has 3 rings (SSSR count). The number of aromatic nitrogens is 1. The second-order valence-corrected chi connectivity index (χ2v) is 6.64. The summed E-state index contributed by atoms with van der Waals surface area (Å²) < 4.78 is 31.9. The van der Waals surface area contributed by atoms with E-state index in [0.717, 1.165) is 12.6 Å². The third-order valence-electron chi connectivity index (χ3n) is 4.56. The van der Waals surface area contributed by atoms with Gasteiger partial charge in [0.15, 0.2) is 17.3 Å². The summed E-state index contributed by atoms with van der Waals surface area (Å²) in [5.74, 6) is -1.54. The molecule has 2 heterocycles. The first kappa shape index (κ1) is 17.5. The Morgan fingerprint density at radius 1 is 1.32 bits per heavy atom. The highest BCUT2D eigenvalue weighted by molar-refractivity contribution is 5.92. The molecule has 5 nitrogen and oxygen atoms in total. The fourth-order valence-electron chi connectivity index (χ4n) is 3.38. The van der Waals surface area contributed by atoms with Gasteiger partial charge in [0.25, 0.3) is 5.91 Å². The molecule has 1 aliphatic rings. The first-order chi connectivity index (χ1) is 11.9. The molecule has 134 valence electrons. The van der Waals surface area contributed by atoms with Gasteiger partial charge in [-0.2, -0.15) is 0 Å². The summed E-state index contributed by atoms with van der Waals surface area (Å²) in [6.07, 6.45) is 0.713. The van der Waals surface area contributed by atoms with Crippen LogP contribution in [0.1, 0.15) is 48.1 Å². The van der Waals surface area contributed by atoms with Crippen LogP contribution in [0.4, 0.5) is 8.78 Å². The van der Waals surface area contributed by atoms with Gasteiger partial charge < -0.3 is 9.84 Å². The number of amides is 1. The molecule has 1 N–H and O–H groups in total. The number of carbonyl (C=O) groups excluding carboxylic acids is 1.